The largest absolute Gasteiger partial charge is 0.493 e. The predicted octanol–water partition coefficient (Wildman–Crippen LogP) is 3.44. The maximum Gasteiger partial charge on any atom is 0.231 e. The second-order valence-electron chi connectivity index (χ2n) is 5.91. The lowest BCUT2D eigenvalue weighted by Crippen LogP contribution is -2.02. The van der Waals surface area contributed by atoms with Gasteiger partial charge in [0.2, 0.25) is 12.5 Å². The van der Waals surface area contributed by atoms with Crippen LogP contribution >= 0.6 is 15.9 Å². The first-order valence-electron chi connectivity index (χ1n) is 8.42. The minimum Gasteiger partial charge on any atom is -0.493 e. The summed E-state index contributed by atoms with van der Waals surface area (Å²) >= 11 is 3.46. The van der Waals surface area contributed by atoms with Gasteiger partial charge in [-0.05, 0) is 45.3 Å². The first-order valence-corrected chi connectivity index (χ1v) is 9.21. The molecule has 0 aliphatic carbocycles. The van der Waals surface area contributed by atoms with Gasteiger partial charge in [-0.1, -0.05) is 12.2 Å². The summed E-state index contributed by atoms with van der Waals surface area (Å²) in [7, 11) is 4.53. The third kappa shape index (κ3) is 3.76. The van der Waals surface area contributed by atoms with E-state index in [1.165, 1.54) is 21.3 Å². The van der Waals surface area contributed by atoms with Crippen LogP contribution in [0, 0.1) is 0 Å². The van der Waals surface area contributed by atoms with Crippen LogP contribution in [0.1, 0.15) is 22.8 Å². The van der Waals surface area contributed by atoms with Gasteiger partial charge in [0.15, 0.2) is 23.0 Å². The van der Waals surface area contributed by atoms with Gasteiger partial charge in [-0.25, -0.2) is 0 Å². The molecule has 2 aromatic rings. The minimum atomic E-state index is -0.972. The van der Waals surface area contributed by atoms with E-state index in [0.29, 0.717) is 44.3 Å². The Kier molecular flexibility index (Phi) is 6.33. The van der Waals surface area contributed by atoms with E-state index in [-0.39, 0.29) is 13.4 Å². The van der Waals surface area contributed by atoms with Crippen molar-refractivity contribution in [1.82, 2.24) is 0 Å². The number of hydrogen-bond acceptors (Lipinski definition) is 7. The summed E-state index contributed by atoms with van der Waals surface area (Å²) in [5.74, 6) is 2.47. The second-order valence-corrected chi connectivity index (χ2v) is 6.71. The third-order valence-corrected chi connectivity index (χ3v) is 5.20. The Morgan fingerprint density at radius 2 is 1.75 bits per heavy atom. The highest BCUT2D eigenvalue weighted by Crippen LogP contribution is 2.46. The zero-order valence-electron chi connectivity index (χ0n) is 15.7. The molecule has 0 aromatic heterocycles. The van der Waals surface area contributed by atoms with E-state index in [2.05, 4.69) is 15.9 Å². The summed E-state index contributed by atoms with van der Waals surface area (Å²) in [6, 6.07) is 5.16. The van der Waals surface area contributed by atoms with E-state index in [1.807, 2.05) is 0 Å². The normalized spacial score (nSPS) is 13.6. The zero-order chi connectivity index (χ0) is 20.3. The van der Waals surface area contributed by atoms with Crippen LogP contribution in [0.2, 0.25) is 0 Å². The average molecular weight is 453 g/mol. The molecule has 2 aromatic carbocycles. The topological polar surface area (TPSA) is 86.6 Å². The van der Waals surface area contributed by atoms with Crippen molar-refractivity contribution < 1.29 is 33.9 Å². The number of ether oxygens (including phenoxy) is 5. The van der Waals surface area contributed by atoms with Gasteiger partial charge in [-0.3, -0.25) is 0 Å². The van der Waals surface area contributed by atoms with Crippen molar-refractivity contribution in [2.45, 2.75) is 12.7 Å². The molecule has 0 fully saturated rings. The van der Waals surface area contributed by atoms with Crippen LogP contribution < -0.4 is 23.7 Å². The van der Waals surface area contributed by atoms with Crippen molar-refractivity contribution in [1.29, 1.82) is 0 Å². The molecule has 0 amide bonds. The van der Waals surface area contributed by atoms with Gasteiger partial charge in [-0.2, -0.15) is 0 Å². The van der Waals surface area contributed by atoms with Gasteiger partial charge in [0.25, 0.3) is 0 Å². The van der Waals surface area contributed by atoms with Crippen LogP contribution in [0.4, 0.5) is 0 Å². The number of halogens is 1. The highest BCUT2D eigenvalue weighted by Gasteiger charge is 2.22. The van der Waals surface area contributed by atoms with Crippen molar-refractivity contribution in [2.24, 2.45) is 0 Å². The van der Waals surface area contributed by atoms with E-state index in [1.54, 1.807) is 30.4 Å². The van der Waals surface area contributed by atoms with Crippen molar-refractivity contribution in [2.75, 3.05) is 28.1 Å². The van der Waals surface area contributed by atoms with Crippen LogP contribution in [0.5, 0.6) is 28.7 Å². The molecule has 1 heterocycles. The van der Waals surface area contributed by atoms with Crippen LogP contribution in [0.25, 0.3) is 6.08 Å². The molecular formula is C20H21BrO7. The van der Waals surface area contributed by atoms with E-state index in [0.717, 1.165) is 5.56 Å². The van der Waals surface area contributed by atoms with Crippen molar-refractivity contribution in [3.63, 3.8) is 0 Å². The molecule has 3 rings (SSSR count). The SMILES string of the molecule is COc1cc(C(O)/C=C/c2cc3c(cc2CO)OCO3)c(Br)c(OC)c1OC. The molecule has 8 heteroatoms. The maximum absolute atomic E-state index is 10.7. The fourth-order valence-electron chi connectivity index (χ4n) is 2.95. The number of fused-ring (bicyclic) bond motifs is 1. The standard InChI is InChI=1S/C20H21BrO7/c1-24-17-8-13(18(21)20(26-3)19(17)25-2)14(23)5-4-11-6-15-16(28-10-27-15)7-12(11)9-22/h4-8,14,22-23H,9-10H2,1-3H3/b5-4+. The summed E-state index contributed by atoms with van der Waals surface area (Å²) in [5.41, 5.74) is 1.92. The molecule has 0 radical (unpaired) electrons. The summed E-state index contributed by atoms with van der Waals surface area (Å²) in [5, 5.41) is 20.4. The molecule has 1 atom stereocenters. The lowest BCUT2D eigenvalue weighted by molar-refractivity contribution is 0.174. The average Bonchev–Trinajstić information content (AvgIpc) is 3.17. The lowest BCUT2D eigenvalue weighted by Gasteiger charge is -2.18. The van der Waals surface area contributed by atoms with Crippen molar-refractivity contribution in [3.05, 3.63) is 45.4 Å². The van der Waals surface area contributed by atoms with Gasteiger partial charge < -0.3 is 33.9 Å². The van der Waals surface area contributed by atoms with Gasteiger partial charge >= 0.3 is 0 Å². The molecule has 150 valence electrons. The Morgan fingerprint density at radius 3 is 2.36 bits per heavy atom. The van der Waals surface area contributed by atoms with E-state index in [4.69, 9.17) is 23.7 Å². The monoisotopic (exact) mass is 452 g/mol. The molecule has 0 saturated heterocycles. The van der Waals surface area contributed by atoms with E-state index in [9.17, 15) is 10.2 Å². The summed E-state index contributed by atoms with van der Waals surface area (Å²) in [6.07, 6.45) is 2.34. The number of hydrogen-bond donors (Lipinski definition) is 2. The van der Waals surface area contributed by atoms with Gasteiger partial charge in [0.1, 0.15) is 0 Å². The molecule has 0 bridgehead atoms. The highest BCUT2D eigenvalue weighted by atomic mass is 79.9. The molecule has 28 heavy (non-hydrogen) atoms. The maximum atomic E-state index is 10.7. The van der Waals surface area contributed by atoms with Gasteiger partial charge in [-0.15, -0.1) is 0 Å². The zero-order valence-corrected chi connectivity index (χ0v) is 17.3. The number of rotatable bonds is 7. The van der Waals surface area contributed by atoms with E-state index < -0.39 is 6.10 Å². The second kappa shape index (κ2) is 8.72. The molecule has 0 spiro atoms. The predicted molar refractivity (Wildman–Crippen MR) is 106 cm³/mol. The molecule has 2 N–H and O–H groups in total. The number of aliphatic hydroxyl groups excluding tert-OH is 2. The van der Waals surface area contributed by atoms with Gasteiger partial charge in [0.05, 0.1) is 38.5 Å². The molecule has 1 aliphatic heterocycles. The van der Waals surface area contributed by atoms with Crippen LogP contribution in [-0.4, -0.2) is 38.3 Å². The quantitative estimate of drug-likeness (QED) is 0.664. The van der Waals surface area contributed by atoms with Crippen LogP contribution in [-0.2, 0) is 6.61 Å². The number of benzene rings is 2. The first-order chi connectivity index (χ1) is 13.5. The Balaban J connectivity index is 1.96. The molecule has 0 saturated carbocycles. The first kappa shape index (κ1) is 20.3. The number of methoxy groups -OCH3 is 3. The Hall–Kier alpha value is -2.42. The third-order valence-electron chi connectivity index (χ3n) is 4.38. The molecule has 7 nitrogen and oxygen atoms in total. The Labute approximate surface area is 171 Å². The summed E-state index contributed by atoms with van der Waals surface area (Å²) in [4.78, 5) is 0. The van der Waals surface area contributed by atoms with Crippen molar-refractivity contribution in [3.8, 4) is 28.7 Å². The fourth-order valence-corrected chi connectivity index (χ4v) is 3.64. The summed E-state index contributed by atoms with van der Waals surface area (Å²) in [6.45, 7) is -0.0192. The summed E-state index contributed by atoms with van der Waals surface area (Å²) < 4.78 is 27.4. The Bertz CT molecular complexity index is 895. The van der Waals surface area contributed by atoms with E-state index >= 15 is 0 Å². The lowest BCUT2D eigenvalue weighted by atomic mass is 10.0. The number of aliphatic hydroxyl groups is 2. The smallest absolute Gasteiger partial charge is 0.231 e. The molecule has 1 aliphatic rings. The van der Waals surface area contributed by atoms with Crippen LogP contribution in [0.15, 0.2) is 28.7 Å². The highest BCUT2D eigenvalue weighted by molar-refractivity contribution is 9.10. The molecular weight excluding hydrogens is 432 g/mol. The van der Waals surface area contributed by atoms with Crippen LogP contribution in [0.3, 0.4) is 0 Å². The molecule has 1 unspecified atom stereocenters. The minimum absolute atomic E-state index is 0.147. The van der Waals surface area contributed by atoms with Crippen molar-refractivity contribution >= 4 is 22.0 Å². The Morgan fingerprint density at radius 1 is 1.07 bits per heavy atom. The van der Waals surface area contributed by atoms with Gasteiger partial charge in [0, 0.05) is 5.56 Å². The fraction of sp³-hybridized carbons (Fsp3) is 0.300.